The van der Waals surface area contributed by atoms with Gasteiger partial charge in [-0.1, -0.05) is 65.8 Å². The third-order valence-electron chi connectivity index (χ3n) is 6.82. The Morgan fingerprint density at radius 3 is 1.67 bits per heavy atom. The first-order valence-electron chi connectivity index (χ1n) is 13.8. The summed E-state index contributed by atoms with van der Waals surface area (Å²) in [6, 6.07) is 16.1. The summed E-state index contributed by atoms with van der Waals surface area (Å²) in [4.78, 5) is 32.9. The topological polar surface area (TPSA) is 47.1 Å². The molecule has 2 aliphatic heterocycles. The van der Waals surface area contributed by atoms with E-state index in [4.69, 9.17) is 0 Å². The Bertz CT molecular complexity index is 1170. The minimum absolute atomic E-state index is 0.225. The van der Waals surface area contributed by atoms with Crippen molar-refractivity contribution in [2.75, 3.05) is 66.5 Å². The first kappa shape index (κ1) is 31.1. The van der Waals surface area contributed by atoms with Crippen molar-refractivity contribution in [1.29, 1.82) is 0 Å². The fourth-order valence-electron chi connectivity index (χ4n) is 4.35. The zero-order chi connectivity index (χ0) is 28.4. The molecule has 2 saturated heterocycles. The predicted octanol–water partition coefficient (Wildman–Crippen LogP) is 4.00. The van der Waals surface area contributed by atoms with E-state index in [1.54, 1.807) is 0 Å². The lowest BCUT2D eigenvalue weighted by atomic mass is 10.1. The van der Waals surface area contributed by atoms with E-state index in [1.807, 2.05) is 52.3 Å². The second-order valence-corrected chi connectivity index (χ2v) is 17.2. The normalized spacial score (nSPS) is 16.6. The minimum atomic E-state index is -1.36. The van der Waals surface area contributed by atoms with Gasteiger partial charge in [-0.15, -0.1) is 5.54 Å². The number of rotatable bonds is 4. The molecule has 8 heteroatoms. The zero-order valence-electron chi connectivity index (χ0n) is 24.2. The molecule has 2 heterocycles. The summed E-state index contributed by atoms with van der Waals surface area (Å²) < 4.78 is 1.03. The van der Waals surface area contributed by atoms with Crippen LogP contribution in [0.3, 0.4) is 0 Å². The number of nitrogens with zero attached hydrogens (tertiary/aromatic N) is 4. The number of benzene rings is 2. The number of halogens is 1. The number of piperazine rings is 2. The van der Waals surface area contributed by atoms with Gasteiger partial charge in [0.05, 0.1) is 12.8 Å². The highest BCUT2D eigenvalue weighted by Crippen LogP contribution is 2.13. The SMILES string of the molecule is CN1CCN(C(=O)Cc2cccc(Br)c2)CC1.CN1CCN(C(=O)Cc2cccc(C#C[Si](C)(C)C)c2)CC1. The van der Waals surface area contributed by atoms with E-state index in [2.05, 4.69) is 77.0 Å². The molecule has 2 aromatic rings. The quantitative estimate of drug-likeness (QED) is 0.388. The Hall–Kier alpha value is -2.44. The van der Waals surface area contributed by atoms with Gasteiger partial charge in [0.1, 0.15) is 8.07 Å². The zero-order valence-corrected chi connectivity index (χ0v) is 26.8. The second kappa shape index (κ2) is 14.8. The van der Waals surface area contributed by atoms with Crippen LogP contribution in [-0.4, -0.2) is 106 Å². The van der Waals surface area contributed by atoms with Gasteiger partial charge < -0.3 is 19.6 Å². The Morgan fingerprint density at radius 1 is 0.744 bits per heavy atom. The molecule has 0 atom stereocenters. The summed E-state index contributed by atoms with van der Waals surface area (Å²) in [5.41, 5.74) is 6.53. The third-order valence-corrected chi connectivity index (χ3v) is 8.19. The molecule has 0 radical (unpaired) electrons. The largest absolute Gasteiger partial charge is 0.340 e. The number of amides is 2. The van der Waals surface area contributed by atoms with Gasteiger partial charge in [-0.05, 0) is 49.5 Å². The Morgan fingerprint density at radius 2 is 1.21 bits per heavy atom. The average molecular weight is 612 g/mol. The van der Waals surface area contributed by atoms with E-state index in [-0.39, 0.29) is 11.8 Å². The van der Waals surface area contributed by atoms with E-state index in [1.165, 1.54) is 0 Å². The molecule has 2 fully saturated rings. The van der Waals surface area contributed by atoms with Gasteiger partial charge >= 0.3 is 0 Å². The lowest BCUT2D eigenvalue weighted by Gasteiger charge is -2.32. The van der Waals surface area contributed by atoms with Crippen LogP contribution in [0.1, 0.15) is 16.7 Å². The molecule has 0 spiro atoms. The summed E-state index contributed by atoms with van der Waals surface area (Å²) in [6.45, 7) is 14.0. The summed E-state index contributed by atoms with van der Waals surface area (Å²) in [6.07, 6.45) is 0.981. The van der Waals surface area contributed by atoms with Gasteiger partial charge in [0.2, 0.25) is 11.8 Å². The van der Waals surface area contributed by atoms with Crippen LogP contribution in [0.5, 0.6) is 0 Å². The molecule has 0 aromatic heterocycles. The lowest BCUT2D eigenvalue weighted by molar-refractivity contribution is -0.132. The molecule has 6 nitrogen and oxygen atoms in total. The van der Waals surface area contributed by atoms with Crippen LogP contribution in [0.25, 0.3) is 0 Å². The Labute approximate surface area is 244 Å². The number of carbonyl (C=O) groups is 2. The number of hydrogen-bond acceptors (Lipinski definition) is 4. The molecule has 210 valence electrons. The third kappa shape index (κ3) is 11.3. The van der Waals surface area contributed by atoms with Crippen molar-refractivity contribution in [3.05, 3.63) is 69.7 Å². The molecule has 0 unspecified atom stereocenters. The highest BCUT2D eigenvalue weighted by Gasteiger charge is 2.20. The van der Waals surface area contributed by atoms with Gasteiger partial charge in [-0.3, -0.25) is 9.59 Å². The van der Waals surface area contributed by atoms with Crippen LogP contribution in [0.2, 0.25) is 19.6 Å². The summed E-state index contributed by atoms with van der Waals surface area (Å²) in [5.74, 6) is 3.72. The van der Waals surface area contributed by atoms with E-state index >= 15 is 0 Å². The number of hydrogen-bond donors (Lipinski definition) is 0. The molecule has 39 heavy (non-hydrogen) atoms. The van der Waals surface area contributed by atoms with Gasteiger partial charge in [0.15, 0.2) is 0 Å². The van der Waals surface area contributed by atoms with Gasteiger partial charge in [0.25, 0.3) is 0 Å². The molecule has 2 aromatic carbocycles. The van der Waals surface area contributed by atoms with E-state index in [0.717, 1.165) is 73.5 Å². The minimum Gasteiger partial charge on any atom is -0.340 e. The molecule has 0 aliphatic carbocycles. The van der Waals surface area contributed by atoms with Crippen LogP contribution < -0.4 is 0 Å². The molecule has 2 aliphatic rings. The molecule has 0 N–H and O–H groups in total. The molecular weight excluding hydrogens is 568 g/mol. The molecule has 2 amide bonds. The smallest absolute Gasteiger partial charge is 0.227 e. The molecule has 0 bridgehead atoms. The van der Waals surface area contributed by atoms with E-state index in [9.17, 15) is 9.59 Å². The second-order valence-electron chi connectivity index (χ2n) is 11.6. The first-order chi connectivity index (χ1) is 18.5. The predicted molar refractivity (Wildman–Crippen MR) is 166 cm³/mol. The lowest BCUT2D eigenvalue weighted by Crippen LogP contribution is -2.47. The standard InChI is InChI=1S/C18H26N2OSi.C13H17BrN2O/c1-19-9-11-20(12-10-19)18(21)15-17-7-5-6-16(14-17)8-13-22(2,3)4;1-15-5-7-16(8-6-15)13(17)10-11-3-2-4-12(14)9-11/h5-7,14H,9-12,15H2,1-4H3;2-4,9H,5-8,10H2,1H3. The van der Waals surface area contributed by atoms with E-state index in [0.29, 0.717) is 12.8 Å². The van der Waals surface area contributed by atoms with Gasteiger partial charge in [-0.2, -0.15) is 0 Å². The van der Waals surface area contributed by atoms with Crippen molar-refractivity contribution in [1.82, 2.24) is 19.6 Å². The highest BCUT2D eigenvalue weighted by molar-refractivity contribution is 9.10. The van der Waals surface area contributed by atoms with Crippen LogP contribution in [0.4, 0.5) is 0 Å². The highest BCUT2D eigenvalue weighted by atomic mass is 79.9. The average Bonchev–Trinajstić information content (AvgIpc) is 2.88. The fourth-order valence-corrected chi connectivity index (χ4v) is 5.32. The van der Waals surface area contributed by atoms with Crippen molar-refractivity contribution in [2.45, 2.75) is 32.5 Å². The van der Waals surface area contributed by atoms with Crippen molar-refractivity contribution in [3.63, 3.8) is 0 Å². The monoisotopic (exact) mass is 610 g/mol. The maximum absolute atomic E-state index is 12.4. The van der Waals surface area contributed by atoms with Crippen molar-refractivity contribution in [3.8, 4) is 11.5 Å². The summed E-state index contributed by atoms with van der Waals surface area (Å²) in [7, 11) is 2.83. The molecular formula is C31H43BrN4O2Si. The molecule has 4 rings (SSSR count). The van der Waals surface area contributed by atoms with E-state index < -0.39 is 8.07 Å². The maximum atomic E-state index is 12.4. The number of carbonyl (C=O) groups excluding carboxylic acids is 2. The maximum Gasteiger partial charge on any atom is 0.227 e. The van der Waals surface area contributed by atoms with Crippen LogP contribution >= 0.6 is 15.9 Å². The Kier molecular flexibility index (Phi) is 11.8. The van der Waals surface area contributed by atoms with Gasteiger partial charge in [-0.25, -0.2) is 0 Å². The molecule has 0 saturated carbocycles. The van der Waals surface area contributed by atoms with Crippen LogP contribution in [-0.2, 0) is 22.4 Å². The Balaban J connectivity index is 0.000000223. The van der Waals surface area contributed by atoms with Crippen molar-refractivity contribution < 1.29 is 9.59 Å². The van der Waals surface area contributed by atoms with Crippen molar-refractivity contribution >= 4 is 35.8 Å². The van der Waals surface area contributed by atoms with Crippen LogP contribution in [0.15, 0.2) is 53.0 Å². The summed E-state index contributed by atoms with van der Waals surface area (Å²) >= 11 is 3.42. The fraction of sp³-hybridized carbons (Fsp3) is 0.484. The van der Waals surface area contributed by atoms with Crippen LogP contribution in [0, 0.1) is 11.5 Å². The van der Waals surface area contributed by atoms with Crippen molar-refractivity contribution in [2.24, 2.45) is 0 Å². The first-order valence-corrected chi connectivity index (χ1v) is 18.1. The number of likely N-dealkylation sites (N-methyl/N-ethyl adjacent to an activating group) is 2. The van der Waals surface area contributed by atoms with Gasteiger partial charge in [0, 0.05) is 62.4 Å². The summed E-state index contributed by atoms with van der Waals surface area (Å²) in [5, 5.41) is 0.